The Morgan fingerprint density at radius 2 is 1.77 bits per heavy atom. The van der Waals surface area contributed by atoms with Crippen molar-refractivity contribution in [1.29, 1.82) is 0 Å². The quantitative estimate of drug-likeness (QED) is 0.712. The molecular weight excluding hydrogens is 344 g/mol. The third-order valence-electron chi connectivity index (χ3n) is 3.77. The van der Waals surface area contributed by atoms with E-state index in [1.165, 1.54) is 0 Å². The topological polar surface area (TPSA) is 51.1 Å². The maximum atomic E-state index is 5.32. The Balaban J connectivity index is 2.23. The number of nitrogens with one attached hydrogen (secondary N) is 1. The summed E-state index contributed by atoms with van der Waals surface area (Å²) in [4.78, 5) is 3.45. The lowest BCUT2D eigenvalue weighted by Gasteiger charge is -2.07. The van der Waals surface area contributed by atoms with Crippen LogP contribution in [0.5, 0.6) is 5.75 Å². The summed E-state index contributed by atoms with van der Waals surface area (Å²) in [6.07, 6.45) is 0. The highest BCUT2D eigenvalue weighted by atomic mass is 79.9. The molecular formula is C17H17BrN2O2. The minimum absolute atomic E-state index is 0.806. The van der Waals surface area contributed by atoms with Crippen molar-refractivity contribution in [3.05, 3.63) is 45.9 Å². The molecule has 2 aromatic heterocycles. The van der Waals surface area contributed by atoms with Crippen LogP contribution in [0.15, 0.2) is 33.3 Å². The molecule has 5 heteroatoms. The second-order valence-electron chi connectivity index (χ2n) is 5.24. The summed E-state index contributed by atoms with van der Waals surface area (Å²) in [5.41, 5.74) is 6.19. The fourth-order valence-electron chi connectivity index (χ4n) is 2.66. The van der Waals surface area contributed by atoms with Crippen molar-refractivity contribution >= 4 is 15.9 Å². The van der Waals surface area contributed by atoms with Gasteiger partial charge in [0.1, 0.15) is 11.5 Å². The molecule has 3 aromatic rings. The van der Waals surface area contributed by atoms with Crippen molar-refractivity contribution < 1.29 is 9.26 Å². The first-order valence-electron chi connectivity index (χ1n) is 6.98. The summed E-state index contributed by atoms with van der Waals surface area (Å²) >= 11 is 3.69. The Kier molecular flexibility index (Phi) is 3.83. The molecule has 0 amide bonds. The van der Waals surface area contributed by atoms with Gasteiger partial charge in [-0.25, -0.2) is 0 Å². The van der Waals surface area contributed by atoms with Gasteiger partial charge in [-0.2, -0.15) is 0 Å². The van der Waals surface area contributed by atoms with Crippen LogP contribution in [0, 0.1) is 20.8 Å². The van der Waals surface area contributed by atoms with Crippen molar-refractivity contribution in [2.75, 3.05) is 7.11 Å². The summed E-state index contributed by atoms with van der Waals surface area (Å²) in [6, 6.07) is 8.02. The molecule has 22 heavy (non-hydrogen) atoms. The highest BCUT2D eigenvalue weighted by Crippen LogP contribution is 2.42. The van der Waals surface area contributed by atoms with E-state index in [4.69, 9.17) is 9.26 Å². The molecule has 0 spiro atoms. The van der Waals surface area contributed by atoms with E-state index in [1.54, 1.807) is 7.11 Å². The second kappa shape index (κ2) is 5.65. The molecule has 4 nitrogen and oxygen atoms in total. The van der Waals surface area contributed by atoms with Crippen LogP contribution in [0.1, 0.15) is 17.1 Å². The summed E-state index contributed by atoms with van der Waals surface area (Å²) in [5.74, 6) is 1.65. The molecule has 1 N–H and O–H groups in total. The molecule has 0 aliphatic rings. The van der Waals surface area contributed by atoms with Gasteiger partial charge >= 0.3 is 0 Å². The van der Waals surface area contributed by atoms with E-state index in [0.717, 1.165) is 49.8 Å². The molecule has 0 saturated carbocycles. The Labute approximate surface area is 137 Å². The number of aryl methyl sites for hydroxylation is 3. The minimum atomic E-state index is 0.806. The minimum Gasteiger partial charge on any atom is -0.497 e. The van der Waals surface area contributed by atoms with E-state index < -0.39 is 0 Å². The summed E-state index contributed by atoms with van der Waals surface area (Å²) in [7, 11) is 1.67. The van der Waals surface area contributed by atoms with E-state index in [0.29, 0.717) is 0 Å². The monoisotopic (exact) mass is 360 g/mol. The first-order valence-corrected chi connectivity index (χ1v) is 7.78. The Hall–Kier alpha value is -2.01. The Morgan fingerprint density at radius 1 is 1.09 bits per heavy atom. The van der Waals surface area contributed by atoms with E-state index in [1.807, 2.05) is 45.0 Å². The fourth-order valence-corrected chi connectivity index (χ4v) is 3.18. The average Bonchev–Trinajstić information content (AvgIpc) is 2.99. The number of hydrogen-bond donors (Lipinski definition) is 1. The van der Waals surface area contributed by atoms with Gasteiger partial charge in [0, 0.05) is 15.7 Å². The molecule has 114 valence electrons. The van der Waals surface area contributed by atoms with Crippen LogP contribution in [0.25, 0.3) is 22.4 Å². The standard InChI is InChI=1S/C17H17BrN2O2/c1-9-14(11(3)22-20-9)17-15(16(18)10(2)19-17)12-5-7-13(21-4)8-6-12/h5-8,19H,1-4H3. The number of hydrogen-bond acceptors (Lipinski definition) is 3. The molecule has 1 aromatic carbocycles. The zero-order chi connectivity index (χ0) is 15.9. The third kappa shape index (κ3) is 2.35. The largest absolute Gasteiger partial charge is 0.497 e. The number of methoxy groups -OCH3 is 1. The van der Waals surface area contributed by atoms with Crippen molar-refractivity contribution in [3.8, 4) is 28.1 Å². The number of aromatic amines is 1. The van der Waals surface area contributed by atoms with Crippen molar-refractivity contribution in [2.45, 2.75) is 20.8 Å². The zero-order valence-electron chi connectivity index (χ0n) is 13.0. The maximum absolute atomic E-state index is 5.32. The van der Waals surface area contributed by atoms with Gasteiger partial charge in [0.15, 0.2) is 0 Å². The predicted molar refractivity (Wildman–Crippen MR) is 90.2 cm³/mol. The molecule has 3 rings (SSSR count). The number of benzene rings is 1. The van der Waals surface area contributed by atoms with Gasteiger partial charge in [-0.15, -0.1) is 0 Å². The highest BCUT2D eigenvalue weighted by Gasteiger charge is 2.21. The molecule has 0 fully saturated rings. The van der Waals surface area contributed by atoms with Gasteiger partial charge in [0.05, 0.1) is 24.1 Å². The average molecular weight is 361 g/mol. The Morgan fingerprint density at radius 3 is 2.32 bits per heavy atom. The normalized spacial score (nSPS) is 11.0. The maximum Gasteiger partial charge on any atom is 0.143 e. The van der Waals surface area contributed by atoms with Crippen LogP contribution in [0.4, 0.5) is 0 Å². The SMILES string of the molecule is COc1ccc(-c2c(-c3c(C)noc3C)[nH]c(C)c2Br)cc1. The number of H-pyrrole nitrogens is 1. The lowest BCUT2D eigenvalue weighted by atomic mass is 10.0. The van der Waals surface area contributed by atoms with Crippen LogP contribution in [0.3, 0.4) is 0 Å². The van der Waals surface area contributed by atoms with E-state index in [2.05, 4.69) is 26.1 Å². The summed E-state index contributed by atoms with van der Waals surface area (Å²) < 4.78 is 11.6. The molecule has 0 bridgehead atoms. The van der Waals surface area contributed by atoms with Crippen molar-refractivity contribution in [1.82, 2.24) is 10.1 Å². The molecule has 0 unspecified atom stereocenters. The van der Waals surface area contributed by atoms with Crippen molar-refractivity contribution in [3.63, 3.8) is 0 Å². The Bertz CT molecular complexity index is 797. The lowest BCUT2D eigenvalue weighted by Crippen LogP contribution is -1.87. The van der Waals surface area contributed by atoms with Crippen LogP contribution < -0.4 is 4.74 Å². The van der Waals surface area contributed by atoms with Crippen LogP contribution >= 0.6 is 15.9 Å². The number of aromatic nitrogens is 2. The molecule has 0 radical (unpaired) electrons. The van der Waals surface area contributed by atoms with E-state index >= 15 is 0 Å². The van der Waals surface area contributed by atoms with Crippen LogP contribution in [-0.4, -0.2) is 17.3 Å². The number of rotatable bonds is 3. The number of ether oxygens (including phenoxy) is 1. The predicted octanol–water partition coefficient (Wildman–Crippen LogP) is 5.03. The van der Waals surface area contributed by atoms with Crippen LogP contribution in [0.2, 0.25) is 0 Å². The van der Waals surface area contributed by atoms with Gasteiger partial charge in [0.2, 0.25) is 0 Å². The molecule has 0 atom stereocenters. The molecule has 0 aliphatic carbocycles. The van der Waals surface area contributed by atoms with Gasteiger partial charge in [-0.1, -0.05) is 17.3 Å². The molecule has 2 heterocycles. The highest BCUT2D eigenvalue weighted by molar-refractivity contribution is 9.10. The number of halogens is 1. The fraction of sp³-hybridized carbons (Fsp3) is 0.235. The van der Waals surface area contributed by atoms with Gasteiger partial charge < -0.3 is 14.2 Å². The number of nitrogens with zero attached hydrogens (tertiary/aromatic N) is 1. The summed E-state index contributed by atoms with van der Waals surface area (Å²) in [5, 5.41) is 4.06. The smallest absolute Gasteiger partial charge is 0.143 e. The van der Waals surface area contributed by atoms with E-state index in [-0.39, 0.29) is 0 Å². The lowest BCUT2D eigenvalue weighted by molar-refractivity contribution is 0.393. The van der Waals surface area contributed by atoms with Crippen LogP contribution in [-0.2, 0) is 0 Å². The first-order chi connectivity index (χ1) is 10.5. The first kappa shape index (κ1) is 14.9. The van der Waals surface area contributed by atoms with E-state index in [9.17, 15) is 0 Å². The molecule has 0 aliphatic heterocycles. The van der Waals surface area contributed by atoms with Crippen molar-refractivity contribution in [2.24, 2.45) is 0 Å². The second-order valence-corrected chi connectivity index (χ2v) is 6.03. The third-order valence-corrected chi connectivity index (χ3v) is 4.76. The van der Waals surface area contributed by atoms with Gasteiger partial charge in [0.25, 0.3) is 0 Å². The van der Waals surface area contributed by atoms with Gasteiger partial charge in [-0.05, 0) is 54.4 Å². The molecule has 0 saturated heterocycles. The summed E-state index contributed by atoms with van der Waals surface area (Å²) in [6.45, 7) is 5.92. The van der Waals surface area contributed by atoms with Gasteiger partial charge in [-0.3, -0.25) is 0 Å². The zero-order valence-corrected chi connectivity index (χ0v) is 14.5.